The fourth-order valence-corrected chi connectivity index (χ4v) is 6.80. The molecule has 0 saturated heterocycles. The van der Waals surface area contributed by atoms with Crippen LogP contribution in [0.4, 0.5) is 0 Å². The molecule has 0 saturated carbocycles. The number of benzene rings is 4. The molecule has 0 spiro atoms. The van der Waals surface area contributed by atoms with Gasteiger partial charge in [-0.05, 0) is 47.5 Å². The van der Waals surface area contributed by atoms with Crippen molar-refractivity contribution in [1.82, 2.24) is 0 Å². The van der Waals surface area contributed by atoms with Crippen LogP contribution in [0, 0.1) is 0 Å². The molecule has 4 aromatic rings. The Kier molecular flexibility index (Phi) is 5.60. The molecule has 2 unspecified atom stereocenters. The second-order valence-electron chi connectivity index (χ2n) is 6.86. The first-order chi connectivity index (χ1) is 14.4. The molecule has 0 aliphatic carbocycles. The van der Waals surface area contributed by atoms with Crippen molar-refractivity contribution in [1.29, 1.82) is 0 Å². The molecule has 0 aliphatic rings. The quantitative estimate of drug-likeness (QED) is 0.469. The maximum Gasteiger partial charge on any atom is 0.259 e. The fourth-order valence-electron chi connectivity index (χ4n) is 3.47. The van der Waals surface area contributed by atoms with E-state index in [0.717, 1.165) is 0 Å². The van der Waals surface area contributed by atoms with Crippen LogP contribution in [0.2, 0.25) is 0 Å². The van der Waals surface area contributed by atoms with Crippen molar-refractivity contribution >= 4 is 36.0 Å². The molecule has 30 heavy (non-hydrogen) atoms. The van der Waals surface area contributed by atoms with E-state index in [2.05, 4.69) is 0 Å². The summed E-state index contributed by atoms with van der Waals surface area (Å²) in [6.07, 6.45) is 0. The molecule has 4 aromatic carbocycles. The average Bonchev–Trinajstić information content (AvgIpc) is 2.80. The molecule has 0 bridgehead atoms. The van der Waals surface area contributed by atoms with Crippen molar-refractivity contribution in [3.05, 3.63) is 109 Å². The smallest absolute Gasteiger partial charge is 0.259 e. The Labute approximate surface area is 175 Å². The third-order valence-corrected chi connectivity index (χ3v) is 9.05. The lowest BCUT2D eigenvalue weighted by molar-refractivity contribution is 0.499. The predicted octanol–water partition coefficient (Wildman–Crippen LogP) is 3.80. The van der Waals surface area contributed by atoms with Gasteiger partial charge in [0.2, 0.25) is 0 Å². The molecule has 4 rings (SSSR count). The molecule has 2 atom stereocenters. The van der Waals surface area contributed by atoms with Crippen molar-refractivity contribution in [2.75, 3.05) is 0 Å². The lowest BCUT2D eigenvalue weighted by Crippen LogP contribution is -2.22. The summed E-state index contributed by atoms with van der Waals surface area (Å²) >= 11 is 0. The van der Waals surface area contributed by atoms with Gasteiger partial charge < -0.3 is 9.79 Å². The van der Waals surface area contributed by atoms with Crippen LogP contribution in [0.25, 0.3) is 11.1 Å². The van der Waals surface area contributed by atoms with Crippen LogP contribution < -0.4 is 21.2 Å². The standard InChI is InChI=1S/C24H20O4P2/c25-29(26,19-11-3-1-4-12-19)23-17-9-7-15-21(23)22-16-8-10-18-24(22)30(27,28)20-13-5-2-6-14-20/h1-18H,(H,25,26)(H,27,28). The molecule has 0 fully saturated rings. The van der Waals surface area contributed by atoms with Gasteiger partial charge in [-0.15, -0.1) is 0 Å². The minimum atomic E-state index is -3.92. The minimum Gasteiger partial charge on any atom is -0.338 e. The topological polar surface area (TPSA) is 74.6 Å². The lowest BCUT2D eigenvalue weighted by atomic mass is 10.1. The van der Waals surface area contributed by atoms with Crippen molar-refractivity contribution in [3.8, 4) is 11.1 Å². The van der Waals surface area contributed by atoms with Gasteiger partial charge in [0, 0.05) is 21.2 Å². The van der Waals surface area contributed by atoms with Gasteiger partial charge in [0.15, 0.2) is 0 Å². The second-order valence-corrected chi connectivity index (χ2v) is 11.2. The van der Waals surface area contributed by atoms with Gasteiger partial charge in [0.1, 0.15) is 0 Å². The Morgan fingerprint density at radius 1 is 0.433 bits per heavy atom. The first-order valence-corrected chi connectivity index (χ1v) is 12.7. The van der Waals surface area contributed by atoms with Gasteiger partial charge in [0.25, 0.3) is 14.7 Å². The van der Waals surface area contributed by atoms with Crippen molar-refractivity contribution in [2.24, 2.45) is 0 Å². The van der Waals surface area contributed by atoms with Crippen LogP contribution in [-0.2, 0) is 9.13 Å². The third kappa shape index (κ3) is 3.71. The first-order valence-electron chi connectivity index (χ1n) is 9.39. The number of rotatable bonds is 5. The van der Waals surface area contributed by atoms with Gasteiger partial charge >= 0.3 is 0 Å². The zero-order valence-electron chi connectivity index (χ0n) is 16.0. The van der Waals surface area contributed by atoms with Crippen LogP contribution in [0.5, 0.6) is 0 Å². The second kappa shape index (κ2) is 8.18. The maximum atomic E-state index is 13.5. The fraction of sp³-hybridized carbons (Fsp3) is 0. The van der Waals surface area contributed by atoms with Gasteiger partial charge in [-0.1, -0.05) is 72.8 Å². The molecule has 0 aliphatic heterocycles. The maximum absolute atomic E-state index is 13.5. The number of hydrogen-bond donors (Lipinski definition) is 2. The van der Waals surface area contributed by atoms with Crippen LogP contribution in [0.3, 0.4) is 0 Å². The molecule has 0 radical (unpaired) electrons. The Bertz CT molecular complexity index is 1170. The Hall–Kier alpha value is -2.74. The van der Waals surface area contributed by atoms with Crippen molar-refractivity contribution < 1.29 is 18.9 Å². The number of hydrogen-bond acceptors (Lipinski definition) is 2. The highest BCUT2D eigenvalue weighted by Crippen LogP contribution is 2.45. The molecular weight excluding hydrogens is 414 g/mol. The summed E-state index contributed by atoms with van der Waals surface area (Å²) in [5.41, 5.74) is 0.931. The predicted molar refractivity (Wildman–Crippen MR) is 123 cm³/mol. The minimum absolute atomic E-state index is 0.233. The van der Waals surface area contributed by atoms with E-state index in [0.29, 0.717) is 21.7 Å². The molecule has 0 heterocycles. The van der Waals surface area contributed by atoms with E-state index in [1.165, 1.54) is 0 Å². The van der Waals surface area contributed by atoms with E-state index in [-0.39, 0.29) is 10.6 Å². The third-order valence-electron chi connectivity index (χ3n) is 4.96. The van der Waals surface area contributed by atoms with Crippen LogP contribution >= 0.6 is 14.7 Å². The summed E-state index contributed by atoms with van der Waals surface area (Å²) in [7, 11) is -7.83. The van der Waals surface area contributed by atoms with Crippen molar-refractivity contribution in [3.63, 3.8) is 0 Å². The molecule has 2 N–H and O–H groups in total. The SMILES string of the molecule is O=P(O)(c1ccccc1)c1ccccc1-c1ccccc1P(=O)(O)c1ccccc1. The summed E-state index contributed by atoms with van der Waals surface area (Å²) in [4.78, 5) is 22.1. The van der Waals surface area contributed by atoms with Crippen molar-refractivity contribution in [2.45, 2.75) is 0 Å². The highest BCUT2D eigenvalue weighted by atomic mass is 31.2. The highest BCUT2D eigenvalue weighted by molar-refractivity contribution is 7.74. The molecular formula is C24H20O4P2. The summed E-state index contributed by atoms with van der Waals surface area (Å²) in [5, 5.41) is 1.09. The van der Waals surface area contributed by atoms with Gasteiger partial charge in [-0.3, -0.25) is 9.13 Å². The van der Waals surface area contributed by atoms with E-state index in [1.54, 1.807) is 109 Å². The monoisotopic (exact) mass is 434 g/mol. The first kappa shape index (κ1) is 20.5. The normalized spacial score (nSPS) is 15.1. The molecule has 6 heteroatoms. The van der Waals surface area contributed by atoms with Crippen LogP contribution in [0.15, 0.2) is 109 Å². The van der Waals surface area contributed by atoms with Crippen LogP contribution in [-0.4, -0.2) is 9.79 Å². The summed E-state index contributed by atoms with van der Waals surface area (Å²) in [5.74, 6) is 0. The Morgan fingerprint density at radius 3 is 1.10 bits per heavy atom. The van der Waals surface area contributed by atoms with E-state index in [4.69, 9.17) is 0 Å². The summed E-state index contributed by atoms with van der Waals surface area (Å²) in [6.45, 7) is 0. The molecule has 150 valence electrons. The zero-order chi connectivity index (χ0) is 21.2. The van der Waals surface area contributed by atoms with E-state index in [1.807, 2.05) is 0 Å². The lowest BCUT2D eigenvalue weighted by Gasteiger charge is -2.20. The zero-order valence-corrected chi connectivity index (χ0v) is 17.8. The van der Waals surface area contributed by atoms with Gasteiger partial charge in [0.05, 0.1) is 0 Å². The van der Waals surface area contributed by atoms with E-state index < -0.39 is 14.7 Å². The molecule has 4 nitrogen and oxygen atoms in total. The molecule has 0 aromatic heterocycles. The Morgan fingerprint density at radius 2 is 0.733 bits per heavy atom. The summed E-state index contributed by atoms with van der Waals surface area (Å²) < 4.78 is 26.9. The van der Waals surface area contributed by atoms with E-state index in [9.17, 15) is 18.9 Å². The highest BCUT2D eigenvalue weighted by Gasteiger charge is 2.31. The largest absolute Gasteiger partial charge is 0.338 e. The van der Waals surface area contributed by atoms with Gasteiger partial charge in [-0.25, -0.2) is 0 Å². The Balaban J connectivity index is 1.93. The van der Waals surface area contributed by atoms with E-state index >= 15 is 0 Å². The molecule has 0 amide bonds. The van der Waals surface area contributed by atoms with Gasteiger partial charge in [-0.2, -0.15) is 0 Å². The van der Waals surface area contributed by atoms with Crippen LogP contribution in [0.1, 0.15) is 0 Å². The average molecular weight is 434 g/mol. The summed E-state index contributed by atoms with van der Waals surface area (Å²) in [6, 6.07) is 30.4.